The first-order valence-electron chi connectivity index (χ1n) is 22.6. The van der Waals surface area contributed by atoms with Gasteiger partial charge in [0.1, 0.15) is 22.3 Å². The van der Waals surface area contributed by atoms with Crippen LogP contribution in [0, 0.1) is 0 Å². The highest BCUT2D eigenvalue weighted by Crippen LogP contribution is 2.55. The Morgan fingerprint density at radius 2 is 0.821 bits per heavy atom. The van der Waals surface area contributed by atoms with Crippen molar-refractivity contribution >= 4 is 76.5 Å². The molecule has 1 aliphatic rings. The van der Waals surface area contributed by atoms with Crippen LogP contribution in [0.15, 0.2) is 215 Å². The molecule has 0 spiro atoms. The molecule has 0 bridgehead atoms. The van der Waals surface area contributed by atoms with Crippen LogP contribution in [0.4, 0.5) is 0 Å². The van der Waals surface area contributed by atoms with Crippen LogP contribution >= 0.6 is 0 Å². The van der Waals surface area contributed by atoms with Gasteiger partial charge in [0.15, 0.2) is 17.2 Å². The predicted molar refractivity (Wildman–Crippen MR) is 272 cm³/mol. The Kier molecular flexibility index (Phi) is 7.40. The molecule has 0 atom stereocenters. The lowest BCUT2D eigenvalue weighted by Crippen LogP contribution is -2.06. The standard InChI is InChI=1S/C61H34N4O2/c1-4-15-35(16-5-1)37-29-31-39(32-30-37)60-62-59(38-19-8-3-9-20-38)63-61(64-60)65-47-26-11-10-23-44(47)50-46-34-45(41-22-12-21-40(33-41)36-17-6-2-7-18-36)57-54-51-42(24-13-27-48(51)66-57)43-25-14-28-49-52(43)55(53(46)54)58(67-49)56(50)65/h1-34H. The van der Waals surface area contributed by atoms with Gasteiger partial charge >= 0.3 is 0 Å². The van der Waals surface area contributed by atoms with E-state index in [9.17, 15) is 0 Å². The summed E-state index contributed by atoms with van der Waals surface area (Å²) in [5.41, 5.74) is 15.9. The zero-order chi connectivity index (χ0) is 43.7. The summed E-state index contributed by atoms with van der Waals surface area (Å²) in [5, 5.41) is 8.71. The lowest BCUT2D eigenvalue weighted by Gasteiger charge is -2.13. The first-order chi connectivity index (χ1) is 33.2. The maximum atomic E-state index is 7.24. The second-order valence-electron chi connectivity index (χ2n) is 17.4. The number of hydrogen-bond donors (Lipinski definition) is 0. The summed E-state index contributed by atoms with van der Waals surface area (Å²) in [6.07, 6.45) is 0. The maximum Gasteiger partial charge on any atom is 0.238 e. The van der Waals surface area contributed by atoms with Gasteiger partial charge in [-0.3, -0.25) is 4.57 Å². The number of fused-ring (bicyclic) bond motifs is 6. The third-order valence-corrected chi connectivity index (χ3v) is 13.8. The fraction of sp³-hybridized carbons (Fsp3) is 0. The minimum Gasteiger partial charge on any atom is -0.455 e. The van der Waals surface area contributed by atoms with E-state index >= 15 is 0 Å². The third-order valence-electron chi connectivity index (χ3n) is 13.8. The summed E-state index contributed by atoms with van der Waals surface area (Å²) in [5.74, 6) is 1.66. The van der Waals surface area contributed by atoms with E-state index in [4.69, 9.17) is 23.8 Å². The summed E-state index contributed by atoms with van der Waals surface area (Å²) < 4.78 is 16.5. The topological polar surface area (TPSA) is 69.9 Å². The SMILES string of the molecule is c1ccc(-c2ccc(-c3nc(-c4ccccc4)nc(-n4c5ccccc5c5c6cc(-c7cccc(-c8ccccc8)c7)c7oc8cccc9c8c7c6c6c(oc7cccc-9c76)c54)n3)cc2)cc1. The van der Waals surface area contributed by atoms with Crippen molar-refractivity contribution in [2.75, 3.05) is 0 Å². The molecule has 0 unspecified atom stereocenters. The first kappa shape index (κ1) is 36.2. The molecule has 6 heteroatoms. The summed E-state index contributed by atoms with van der Waals surface area (Å²) in [4.78, 5) is 15.9. The molecule has 14 aromatic rings. The molecule has 0 N–H and O–H groups in total. The van der Waals surface area contributed by atoms with Gasteiger partial charge in [0.05, 0.1) is 5.52 Å². The Hall–Kier alpha value is -9.13. The highest BCUT2D eigenvalue weighted by Gasteiger charge is 2.32. The lowest BCUT2D eigenvalue weighted by atomic mass is 9.91. The minimum absolute atomic E-state index is 0.504. The molecule has 0 saturated heterocycles. The fourth-order valence-electron chi connectivity index (χ4n) is 10.9. The quantitative estimate of drug-likeness (QED) is 0.167. The van der Waals surface area contributed by atoms with Gasteiger partial charge in [-0.25, -0.2) is 4.98 Å². The second kappa shape index (κ2) is 13.7. The first-order valence-corrected chi connectivity index (χ1v) is 22.6. The molecule has 0 aliphatic heterocycles. The number of rotatable bonds is 6. The number of para-hydroxylation sites is 1. The van der Waals surface area contributed by atoms with Crippen molar-refractivity contribution in [1.29, 1.82) is 0 Å². The molecule has 10 aromatic carbocycles. The van der Waals surface area contributed by atoms with Crippen molar-refractivity contribution in [3.8, 4) is 73.2 Å². The molecule has 4 heterocycles. The van der Waals surface area contributed by atoms with Gasteiger partial charge in [-0.05, 0) is 74.7 Å². The van der Waals surface area contributed by atoms with E-state index < -0.39 is 0 Å². The minimum atomic E-state index is 0.504. The Morgan fingerprint density at radius 3 is 1.51 bits per heavy atom. The summed E-state index contributed by atoms with van der Waals surface area (Å²) in [7, 11) is 0. The third kappa shape index (κ3) is 5.18. The van der Waals surface area contributed by atoms with E-state index in [0.717, 1.165) is 132 Å². The van der Waals surface area contributed by atoms with E-state index in [-0.39, 0.29) is 0 Å². The van der Waals surface area contributed by atoms with Crippen LogP contribution in [0.1, 0.15) is 0 Å². The zero-order valence-corrected chi connectivity index (χ0v) is 35.7. The smallest absolute Gasteiger partial charge is 0.238 e. The van der Waals surface area contributed by atoms with Gasteiger partial charge in [0.2, 0.25) is 5.95 Å². The molecule has 310 valence electrons. The summed E-state index contributed by atoms with van der Waals surface area (Å²) in [6, 6.07) is 72.3. The Morgan fingerprint density at radius 1 is 0.313 bits per heavy atom. The van der Waals surface area contributed by atoms with Crippen LogP contribution in [-0.4, -0.2) is 19.5 Å². The normalized spacial score (nSPS) is 12.2. The van der Waals surface area contributed by atoms with Crippen LogP contribution in [0.25, 0.3) is 150 Å². The van der Waals surface area contributed by atoms with E-state index in [1.807, 2.05) is 24.3 Å². The van der Waals surface area contributed by atoms with Crippen molar-refractivity contribution in [2.24, 2.45) is 0 Å². The van der Waals surface area contributed by atoms with Crippen molar-refractivity contribution < 1.29 is 8.83 Å². The number of hydrogen-bond acceptors (Lipinski definition) is 5. The van der Waals surface area contributed by atoms with Gasteiger partial charge in [-0.15, -0.1) is 0 Å². The zero-order valence-electron chi connectivity index (χ0n) is 35.7. The van der Waals surface area contributed by atoms with Crippen LogP contribution in [-0.2, 0) is 0 Å². The number of benzene rings is 10. The monoisotopic (exact) mass is 854 g/mol. The number of aromatic nitrogens is 4. The van der Waals surface area contributed by atoms with Gasteiger partial charge in [-0.1, -0.05) is 176 Å². The van der Waals surface area contributed by atoms with Crippen LogP contribution in [0.2, 0.25) is 0 Å². The molecular weight excluding hydrogens is 821 g/mol. The van der Waals surface area contributed by atoms with Crippen molar-refractivity contribution in [1.82, 2.24) is 19.5 Å². The van der Waals surface area contributed by atoms with Gasteiger partial charge in [0.25, 0.3) is 0 Å². The number of nitrogens with zero attached hydrogens (tertiary/aromatic N) is 4. The number of furan rings is 2. The predicted octanol–water partition coefficient (Wildman–Crippen LogP) is 16.2. The van der Waals surface area contributed by atoms with Gasteiger partial charge < -0.3 is 8.83 Å². The summed E-state index contributed by atoms with van der Waals surface area (Å²) >= 11 is 0. The molecule has 0 radical (unpaired) electrons. The average Bonchev–Trinajstić information content (AvgIpc) is 4.07. The van der Waals surface area contributed by atoms with Crippen molar-refractivity contribution in [2.45, 2.75) is 0 Å². The molecule has 67 heavy (non-hydrogen) atoms. The van der Waals surface area contributed by atoms with Crippen LogP contribution in [0.5, 0.6) is 0 Å². The Labute approximate surface area is 382 Å². The largest absolute Gasteiger partial charge is 0.455 e. The molecule has 0 amide bonds. The second-order valence-corrected chi connectivity index (χ2v) is 17.4. The lowest BCUT2D eigenvalue weighted by molar-refractivity contribution is 0.670. The van der Waals surface area contributed by atoms with Crippen molar-refractivity contribution in [3.05, 3.63) is 206 Å². The van der Waals surface area contributed by atoms with E-state index in [1.54, 1.807) is 0 Å². The van der Waals surface area contributed by atoms with E-state index in [1.165, 1.54) is 0 Å². The Balaban J connectivity index is 1.10. The van der Waals surface area contributed by atoms with Gasteiger partial charge in [-0.2, -0.15) is 9.97 Å². The van der Waals surface area contributed by atoms with Crippen LogP contribution < -0.4 is 0 Å². The maximum absolute atomic E-state index is 7.24. The fourth-order valence-corrected chi connectivity index (χ4v) is 10.9. The molecule has 6 nitrogen and oxygen atoms in total. The average molecular weight is 855 g/mol. The highest BCUT2D eigenvalue weighted by molar-refractivity contribution is 6.45. The molecular formula is C61H34N4O2. The Bertz CT molecular complexity index is 4360. The molecule has 15 rings (SSSR count). The molecule has 4 aromatic heterocycles. The molecule has 0 fully saturated rings. The van der Waals surface area contributed by atoms with Crippen molar-refractivity contribution in [3.63, 3.8) is 0 Å². The molecule has 1 aliphatic carbocycles. The highest BCUT2D eigenvalue weighted by atomic mass is 16.3. The van der Waals surface area contributed by atoms with Crippen LogP contribution in [0.3, 0.4) is 0 Å². The van der Waals surface area contributed by atoms with Gasteiger partial charge in [0, 0.05) is 54.4 Å². The van der Waals surface area contributed by atoms with E-state index in [2.05, 4.69) is 187 Å². The summed E-state index contributed by atoms with van der Waals surface area (Å²) in [6.45, 7) is 0. The molecule has 0 saturated carbocycles. The van der Waals surface area contributed by atoms with E-state index in [0.29, 0.717) is 17.6 Å².